The molecule has 0 aliphatic heterocycles. The third kappa shape index (κ3) is 5.82. The monoisotopic (exact) mass is 622 g/mol. The molecule has 2 aromatic carbocycles. The molecule has 0 aliphatic rings. The number of rotatable bonds is 7. The average Bonchev–Trinajstić information content (AvgIpc) is 3.57. The van der Waals surface area contributed by atoms with Crippen molar-refractivity contribution in [2.24, 2.45) is 0 Å². The number of hydrogen-bond acceptors (Lipinski definition) is 8. The first-order valence-corrected chi connectivity index (χ1v) is 14.2. The molecule has 5 rings (SSSR count). The second kappa shape index (κ2) is 10.6. The molecule has 0 radical (unpaired) electrons. The second-order valence-corrected chi connectivity index (χ2v) is 11.7. The van der Waals surface area contributed by atoms with Crippen LogP contribution in [0.15, 0.2) is 59.1 Å². The molecule has 0 aliphatic carbocycles. The van der Waals surface area contributed by atoms with E-state index in [1.165, 1.54) is 36.9 Å². The Labute approximate surface area is 239 Å². The first kappa shape index (κ1) is 28.3. The fourth-order valence-electron chi connectivity index (χ4n) is 3.91. The number of aromatic nitrogens is 4. The molecule has 3 N–H and O–H groups in total. The van der Waals surface area contributed by atoms with Gasteiger partial charge in [0.05, 0.1) is 45.0 Å². The summed E-state index contributed by atoms with van der Waals surface area (Å²) < 4.78 is 73.6. The van der Waals surface area contributed by atoms with Crippen molar-refractivity contribution in [3.05, 3.63) is 75.5 Å². The summed E-state index contributed by atoms with van der Waals surface area (Å²) in [5.41, 5.74) is 0.679. The molecule has 5 aromatic rings. The first-order valence-electron chi connectivity index (χ1n) is 11.5. The van der Waals surface area contributed by atoms with Crippen LogP contribution in [0.4, 0.5) is 24.5 Å². The van der Waals surface area contributed by atoms with Gasteiger partial charge in [-0.3, -0.25) is 14.6 Å². The van der Waals surface area contributed by atoms with E-state index in [1.54, 1.807) is 24.4 Å². The van der Waals surface area contributed by atoms with Gasteiger partial charge in [0.15, 0.2) is 0 Å². The van der Waals surface area contributed by atoms with E-state index in [0.717, 1.165) is 17.1 Å². The van der Waals surface area contributed by atoms with Crippen molar-refractivity contribution in [3.63, 3.8) is 0 Å². The molecule has 0 bridgehead atoms. The molecular formula is C25H18ClF3N6O4S2. The van der Waals surface area contributed by atoms with Crippen LogP contribution in [0, 0.1) is 6.92 Å². The molecule has 3 heterocycles. The standard InChI is InChI=1S/C25H18ClF3N6O4S2/c1-12-32-22(11-40-12)23(36)33-19-5-13(6-20-16(19)10-31-34-20)14-7-21(24(39-2)30-9-14)35-41(37,38)15-3-4-18(26)17(8-15)25(27,28)29/h3-11,35H,1-2H3,(H,31,34)(H,33,36). The number of H-pyrrole nitrogens is 1. The lowest BCUT2D eigenvalue weighted by molar-refractivity contribution is -0.137. The number of halogens is 4. The van der Waals surface area contributed by atoms with Crippen LogP contribution in [-0.4, -0.2) is 41.6 Å². The van der Waals surface area contributed by atoms with Crippen molar-refractivity contribution in [1.82, 2.24) is 20.2 Å². The normalized spacial score (nSPS) is 12.0. The number of benzene rings is 2. The second-order valence-electron chi connectivity index (χ2n) is 8.59. The number of ether oxygens (including phenoxy) is 1. The third-order valence-electron chi connectivity index (χ3n) is 5.83. The van der Waals surface area contributed by atoms with Crippen molar-refractivity contribution in [2.45, 2.75) is 18.0 Å². The highest BCUT2D eigenvalue weighted by Crippen LogP contribution is 2.37. The van der Waals surface area contributed by atoms with Crippen LogP contribution in [0.25, 0.3) is 22.0 Å². The summed E-state index contributed by atoms with van der Waals surface area (Å²) in [5.74, 6) is -0.561. The van der Waals surface area contributed by atoms with E-state index in [4.69, 9.17) is 16.3 Å². The van der Waals surface area contributed by atoms with Crippen LogP contribution < -0.4 is 14.8 Å². The summed E-state index contributed by atoms with van der Waals surface area (Å²) in [4.78, 5) is 20.5. The van der Waals surface area contributed by atoms with Crippen molar-refractivity contribution in [2.75, 3.05) is 17.1 Å². The van der Waals surface area contributed by atoms with Gasteiger partial charge in [-0.2, -0.15) is 18.3 Å². The molecule has 16 heteroatoms. The van der Waals surface area contributed by atoms with Gasteiger partial charge in [0.2, 0.25) is 5.88 Å². The Morgan fingerprint density at radius 2 is 1.85 bits per heavy atom. The van der Waals surface area contributed by atoms with Crippen molar-refractivity contribution >= 4 is 61.1 Å². The number of aryl methyl sites for hydroxylation is 1. The van der Waals surface area contributed by atoms with Crippen LogP contribution in [0.3, 0.4) is 0 Å². The van der Waals surface area contributed by atoms with Crippen LogP contribution in [0.1, 0.15) is 21.1 Å². The molecule has 0 unspecified atom stereocenters. The van der Waals surface area contributed by atoms with E-state index < -0.39 is 37.6 Å². The molecule has 212 valence electrons. The molecule has 0 atom stereocenters. The number of hydrogen-bond donors (Lipinski definition) is 3. The molecule has 0 saturated carbocycles. The lowest BCUT2D eigenvalue weighted by Crippen LogP contribution is -2.16. The number of nitrogens with one attached hydrogen (secondary N) is 3. The SMILES string of the molecule is COc1ncc(-c2cc(NC(=O)c3csc(C)n3)c3cn[nH]c3c2)cc1NS(=O)(=O)c1ccc(Cl)c(C(F)(F)F)c1. The lowest BCUT2D eigenvalue weighted by Gasteiger charge is -2.15. The van der Waals surface area contributed by atoms with Crippen LogP contribution in [0.2, 0.25) is 5.02 Å². The van der Waals surface area contributed by atoms with Crippen molar-refractivity contribution in [1.29, 1.82) is 0 Å². The van der Waals surface area contributed by atoms with Gasteiger partial charge in [-0.25, -0.2) is 18.4 Å². The Morgan fingerprint density at radius 3 is 2.54 bits per heavy atom. The number of alkyl halides is 3. The third-order valence-corrected chi connectivity index (χ3v) is 8.30. The number of aromatic amines is 1. The van der Waals surface area contributed by atoms with Crippen molar-refractivity contribution in [3.8, 4) is 17.0 Å². The molecule has 0 spiro atoms. The highest BCUT2D eigenvalue weighted by atomic mass is 35.5. The topological polar surface area (TPSA) is 139 Å². The fourth-order valence-corrected chi connectivity index (χ4v) is 5.81. The maximum Gasteiger partial charge on any atom is 0.417 e. The van der Waals surface area contributed by atoms with Gasteiger partial charge < -0.3 is 10.1 Å². The summed E-state index contributed by atoms with van der Waals surface area (Å²) in [6, 6.07) is 7.01. The van der Waals surface area contributed by atoms with Gasteiger partial charge in [-0.15, -0.1) is 11.3 Å². The minimum Gasteiger partial charge on any atom is -0.480 e. The molecule has 1 amide bonds. The number of amides is 1. The van der Waals surface area contributed by atoms with E-state index >= 15 is 0 Å². The van der Waals surface area contributed by atoms with Crippen molar-refractivity contribution < 1.29 is 31.1 Å². The van der Waals surface area contributed by atoms with Gasteiger partial charge >= 0.3 is 6.18 Å². The highest BCUT2D eigenvalue weighted by Gasteiger charge is 2.34. The van der Waals surface area contributed by atoms with Crippen LogP contribution >= 0.6 is 22.9 Å². The molecular weight excluding hydrogens is 605 g/mol. The number of fused-ring (bicyclic) bond motifs is 1. The Kier molecular flexibility index (Phi) is 7.35. The number of sulfonamides is 1. The Hall–Kier alpha value is -4.21. The zero-order valence-electron chi connectivity index (χ0n) is 21.0. The lowest BCUT2D eigenvalue weighted by atomic mass is 10.0. The Balaban J connectivity index is 1.52. The maximum atomic E-state index is 13.3. The number of methoxy groups -OCH3 is 1. The molecule has 0 fully saturated rings. The number of anilines is 2. The Bertz CT molecular complexity index is 1910. The smallest absolute Gasteiger partial charge is 0.417 e. The molecule has 41 heavy (non-hydrogen) atoms. The zero-order valence-corrected chi connectivity index (χ0v) is 23.4. The molecule has 0 saturated heterocycles. The highest BCUT2D eigenvalue weighted by molar-refractivity contribution is 7.92. The van der Waals surface area contributed by atoms with Gasteiger partial charge in [-0.05, 0) is 48.9 Å². The number of carbonyl (C=O) groups excluding carboxylic acids is 1. The van der Waals surface area contributed by atoms with Gasteiger partial charge in [0, 0.05) is 22.5 Å². The quantitative estimate of drug-likeness (QED) is 0.199. The largest absolute Gasteiger partial charge is 0.480 e. The van der Waals surface area contributed by atoms with E-state index in [9.17, 15) is 26.4 Å². The predicted octanol–water partition coefficient (Wildman–Crippen LogP) is 6.12. The molecule has 3 aromatic heterocycles. The van der Waals surface area contributed by atoms with Gasteiger partial charge in [0.1, 0.15) is 11.4 Å². The van der Waals surface area contributed by atoms with E-state index in [2.05, 4.69) is 30.2 Å². The number of pyridine rings is 1. The number of carbonyl (C=O) groups is 1. The fraction of sp³-hybridized carbons (Fsp3) is 0.120. The van der Waals surface area contributed by atoms with Crippen LogP contribution in [0.5, 0.6) is 5.88 Å². The summed E-state index contributed by atoms with van der Waals surface area (Å²) >= 11 is 6.97. The van der Waals surface area contributed by atoms with E-state index in [0.29, 0.717) is 33.8 Å². The summed E-state index contributed by atoms with van der Waals surface area (Å²) in [5, 5.41) is 12.0. The predicted molar refractivity (Wildman–Crippen MR) is 148 cm³/mol. The zero-order chi connectivity index (χ0) is 29.5. The number of nitrogens with zero attached hydrogens (tertiary/aromatic N) is 3. The maximum absolute atomic E-state index is 13.3. The Morgan fingerprint density at radius 1 is 1.10 bits per heavy atom. The van der Waals surface area contributed by atoms with Crippen LogP contribution in [-0.2, 0) is 16.2 Å². The summed E-state index contributed by atoms with van der Waals surface area (Å²) in [6.07, 6.45) is -1.92. The first-order chi connectivity index (χ1) is 19.4. The minimum absolute atomic E-state index is 0.127. The number of thiazole rings is 1. The molecule has 10 nitrogen and oxygen atoms in total. The summed E-state index contributed by atoms with van der Waals surface area (Å²) in [7, 11) is -3.27. The van der Waals surface area contributed by atoms with E-state index in [-0.39, 0.29) is 17.3 Å². The van der Waals surface area contributed by atoms with E-state index in [1.807, 2.05) is 0 Å². The summed E-state index contributed by atoms with van der Waals surface area (Å²) in [6.45, 7) is 1.78. The van der Waals surface area contributed by atoms with Gasteiger partial charge in [-0.1, -0.05) is 11.6 Å². The average molecular weight is 623 g/mol. The van der Waals surface area contributed by atoms with Gasteiger partial charge in [0.25, 0.3) is 15.9 Å². The minimum atomic E-state index is -4.86.